The summed E-state index contributed by atoms with van der Waals surface area (Å²) in [5, 5.41) is 1.29. The van der Waals surface area contributed by atoms with Gasteiger partial charge in [-0.05, 0) is 24.3 Å². The fraction of sp³-hybridized carbons (Fsp3) is 0.0667. The molecule has 0 radical (unpaired) electrons. The van der Waals surface area contributed by atoms with E-state index in [9.17, 15) is 13.2 Å². The van der Waals surface area contributed by atoms with Crippen molar-refractivity contribution in [2.24, 2.45) is 4.40 Å². The third-order valence-electron chi connectivity index (χ3n) is 3.09. The molecular formula is C15H13N3O3S. The highest BCUT2D eigenvalue weighted by Gasteiger charge is 2.28. The number of hydrazine groups is 1. The molecule has 1 saturated heterocycles. The van der Waals surface area contributed by atoms with Crippen molar-refractivity contribution in [2.75, 3.05) is 5.01 Å². The number of nitrogens with one attached hydrogen (secondary N) is 1. The van der Waals surface area contributed by atoms with E-state index >= 15 is 0 Å². The van der Waals surface area contributed by atoms with Crippen molar-refractivity contribution in [3.05, 3.63) is 60.7 Å². The second-order valence-corrected chi connectivity index (χ2v) is 6.28. The Hall–Kier alpha value is -2.67. The molecule has 0 bridgehead atoms. The van der Waals surface area contributed by atoms with Crippen LogP contribution in [0.1, 0.15) is 6.42 Å². The maximum atomic E-state index is 12.2. The van der Waals surface area contributed by atoms with Gasteiger partial charge in [-0.15, -0.1) is 4.40 Å². The number of carbonyl (C=O) groups is 1. The number of anilines is 1. The van der Waals surface area contributed by atoms with Gasteiger partial charge in [-0.1, -0.05) is 36.4 Å². The first-order valence-electron chi connectivity index (χ1n) is 6.60. The highest BCUT2D eigenvalue weighted by Crippen LogP contribution is 2.18. The number of nitrogens with zero attached hydrogens (tertiary/aromatic N) is 2. The number of amides is 1. The molecule has 1 aliphatic rings. The van der Waals surface area contributed by atoms with Crippen LogP contribution in [0.3, 0.4) is 0 Å². The minimum Gasteiger partial charge on any atom is -0.277 e. The van der Waals surface area contributed by atoms with E-state index in [0.29, 0.717) is 5.69 Å². The first-order valence-corrected chi connectivity index (χ1v) is 8.04. The summed E-state index contributed by atoms with van der Waals surface area (Å²) in [5.41, 5.74) is 3.37. The molecule has 7 heteroatoms. The maximum Gasteiger partial charge on any atom is 0.284 e. The Labute approximate surface area is 128 Å². The minimum absolute atomic E-state index is 0.0824. The lowest BCUT2D eigenvalue weighted by Gasteiger charge is -2.15. The van der Waals surface area contributed by atoms with Crippen LogP contribution in [0.5, 0.6) is 0 Å². The highest BCUT2D eigenvalue weighted by atomic mass is 32.2. The summed E-state index contributed by atoms with van der Waals surface area (Å²) >= 11 is 0. The van der Waals surface area contributed by atoms with Gasteiger partial charge < -0.3 is 0 Å². The second-order valence-electron chi connectivity index (χ2n) is 4.68. The zero-order valence-electron chi connectivity index (χ0n) is 11.5. The lowest BCUT2D eigenvalue weighted by atomic mass is 10.3. The van der Waals surface area contributed by atoms with E-state index in [-0.39, 0.29) is 23.1 Å². The summed E-state index contributed by atoms with van der Waals surface area (Å²) in [5.74, 6) is -0.147. The Kier molecular flexibility index (Phi) is 3.64. The van der Waals surface area contributed by atoms with Crippen LogP contribution in [0.2, 0.25) is 0 Å². The SMILES string of the molecule is O=C1CC(=NS(=O)(=O)c2ccccc2)NN1c1ccccc1. The number of rotatable bonds is 3. The second kappa shape index (κ2) is 5.61. The summed E-state index contributed by atoms with van der Waals surface area (Å²) in [4.78, 5) is 12.1. The number of amidine groups is 1. The van der Waals surface area contributed by atoms with Crippen molar-refractivity contribution in [2.45, 2.75) is 11.3 Å². The predicted octanol–water partition coefficient (Wildman–Crippen LogP) is 1.72. The van der Waals surface area contributed by atoms with Crippen molar-refractivity contribution >= 4 is 27.5 Å². The van der Waals surface area contributed by atoms with E-state index < -0.39 is 10.0 Å². The van der Waals surface area contributed by atoms with Crippen LogP contribution in [-0.4, -0.2) is 20.2 Å². The Morgan fingerprint density at radius 2 is 1.55 bits per heavy atom. The van der Waals surface area contributed by atoms with E-state index in [0.717, 1.165) is 0 Å². The van der Waals surface area contributed by atoms with Gasteiger partial charge in [0.1, 0.15) is 5.84 Å². The number of carbonyl (C=O) groups excluding carboxylic acids is 1. The van der Waals surface area contributed by atoms with Gasteiger partial charge in [0.05, 0.1) is 17.0 Å². The molecule has 2 aromatic carbocycles. The largest absolute Gasteiger partial charge is 0.284 e. The molecule has 2 aromatic rings. The van der Waals surface area contributed by atoms with Gasteiger partial charge >= 0.3 is 0 Å². The van der Waals surface area contributed by atoms with E-state index in [4.69, 9.17) is 0 Å². The molecule has 22 heavy (non-hydrogen) atoms. The third kappa shape index (κ3) is 2.84. The number of hydrogen-bond donors (Lipinski definition) is 1. The molecule has 1 fully saturated rings. The molecule has 0 spiro atoms. The number of benzene rings is 2. The van der Waals surface area contributed by atoms with E-state index in [1.54, 1.807) is 42.5 Å². The van der Waals surface area contributed by atoms with Gasteiger partial charge in [0.25, 0.3) is 15.9 Å². The molecule has 0 aromatic heterocycles. The van der Waals surface area contributed by atoms with Crippen molar-refractivity contribution in [3.8, 4) is 0 Å². The summed E-state index contributed by atoms with van der Waals surface area (Å²) < 4.78 is 28.1. The molecular weight excluding hydrogens is 302 g/mol. The van der Waals surface area contributed by atoms with Crippen LogP contribution in [0.15, 0.2) is 70.0 Å². The predicted molar refractivity (Wildman–Crippen MR) is 82.7 cm³/mol. The lowest BCUT2D eigenvalue weighted by molar-refractivity contribution is -0.116. The van der Waals surface area contributed by atoms with E-state index in [1.165, 1.54) is 17.1 Å². The number of sulfonamides is 1. The van der Waals surface area contributed by atoms with Crippen molar-refractivity contribution in [3.63, 3.8) is 0 Å². The topological polar surface area (TPSA) is 78.8 Å². The molecule has 3 rings (SSSR count). The lowest BCUT2D eigenvalue weighted by Crippen LogP contribution is -2.36. The van der Waals surface area contributed by atoms with Gasteiger partial charge in [0.15, 0.2) is 0 Å². The fourth-order valence-electron chi connectivity index (χ4n) is 2.08. The summed E-state index contributed by atoms with van der Waals surface area (Å²) in [6.45, 7) is 0. The van der Waals surface area contributed by atoms with Crippen LogP contribution in [0.25, 0.3) is 0 Å². The smallest absolute Gasteiger partial charge is 0.277 e. The molecule has 1 aliphatic heterocycles. The molecule has 6 nitrogen and oxygen atoms in total. The van der Waals surface area contributed by atoms with Gasteiger partial charge in [0, 0.05) is 0 Å². The Balaban J connectivity index is 1.87. The first-order chi connectivity index (χ1) is 10.6. The highest BCUT2D eigenvalue weighted by molar-refractivity contribution is 7.90. The number of para-hydroxylation sites is 1. The van der Waals surface area contributed by atoms with Crippen molar-refractivity contribution in [1.82, 2.24) is 5.43 Å². The van der Waals surface area contributed by atoms with Gasteiger partial charge in [0.2, 0.25) is 0 Å². The average molecular weight is 315 g/mol. The fourth-order valence-corrected chi connectivity index (χ4v) is 3.08. The molecule has 0 aliphatic carbocycles. The monoisotopic (exact) mass is 315 g/mol. The third-order valence-corrected chi connectivity index (χ3v) is 4.42. The molecule has 1 N–H and O–H groups in total. The maximum absolute atomic E-state index is 12.2. The van der Waals surface area contributed by atoms with Crippen LogP contribution in [-0.2, 0) is 14.8 Å². The van der Waals surface area contributed by atoms with E-state index in [1.807, 2.05) is 6.07 Å². The van der Waals surface area contributed by atoms with Crippen LogP contribution in [0.4, 0.5) is 5.69 Å². The summed E-state index contributed by atoms with van der Waals surface area (Å²) in [6.07, 6.45) is -0.0824. The Morgan fingerprint density at radius 3 is 2.18 bits per heavy atom. The Bertz CT molecular complexity index is 818. The standard InChI is InChI=1S/C15H13N3O3S/c19-15-11-14(16-18(15)12-7-3-1-4-8-12)17-22(20,21)13-9-5-2-6-10-13/h1-10H,11H2,(H,16,17). The van der Waals surface area contributed by atoms with Gasteiger partial charge in [-0.25, -0.2) is 5.01 Å². The van der Waals surface area contributed by atoms with Crippen molar-refractivity contribution in [1.29, 1.82) is 0 Å². The quantitative estimate of drug-likeness (QED) is 0.935. The van der Waals surface area contributed by atoms with Gasteiger partial charge in [-0.2, -0.15) is 8.42 Å². The molecule has 1 heterocycles. The van der Waals surface area contributed by atoms with Gasteiger partial charge in [-0.3, -0.25) is 10.2 Å². The molecule has 1 amide bonds. The average Bonchev–Trinajstić information content (AvgIpc) is 2.89. The number of hydrogen-bond acceptors (Lipinski definition) is 3. The molecule has 112 valence electrons. The minimum atomic E-state index is -3.83. The zero-order chi connectivity index (χ0) is 15.6. The van der Waals surface area contributed by atoms with Crippen LogP contribution < -0.4 is 10.4 Å². The van der Waals surface area contributed by atoms with Crippen molar-refractivity contribution < 1.29 is 13.2 Å². The summed E-state index contributed by atoms with van der Waals surface area (Å²) in [6, 6.07) is 16.8. The molecule has 0 atom stereocenters. The first kappa shape index (κ1) is 14.3. The Morgan fingerprint density at radius 1 is 0.955 bits per heavy atom. The molecule has 0 saturated carbocycles. The molecule has 0 unspecified atom stereocenters. The normalized spacial score (nSPS) is 16.8. The van der Waals surface area contributed by atoms with Crippen LogP contribution in [0, 0.1) is 0 Å². The van der Waals surface area contributed by atoms with Crippen LogP contribution >= 0.6 is 0 Å². The zero-order valence-corrected chi connectivity index (χ0v) is 12.3. The summed E-state index contributed by atoms with van der Waals surface area (Å²) in [7, 11) is -3.83. The van der Waals surface area contributed by atoms with E-state index in [2.05, 4.69) is 9.82 Å².